The number of sulfonamides is 1. The summed E-state index contributed by atoms with van der Waals surface area (Å²) in [5, 5.41) is 26.7. The minimum absolute atomic E-state index is 0.107. The molecule has 3 aromatic carbocycles. The molecule has 0 unspecified atom stereocenters. The summed E-state index contributed by atoms with van der Waals surface area (Å²) in [5.74, 6) is 0.397. The number of nitro groups is 1. The quantitative estimate of drug-likeness (QED) is 0.0689. The normalized spacial score (nSPS) is 26.7. The van der Waals surface area contributed by atoms with Crippen molar-refractivity contribution in [2.75, 3.05) is 54.5 Å². The number of pyridine rings is 1. The number of nitrogens with zero attached hydrogens (tertiary/aromatic N) is 5. The molecule has 6 heterocycles. The molecule has 3 saturated carbocycles. The molecule has 69 heavy (non-hydrogen) atoms. The van der Waals surface area contributed by atoms with Crippen LogP contribution in [-0.2, 0) is 14.8 Å². The van der Waals surface area contributed by atoms with Gasteiger partial charge in [0.05, 0.1) is 45.9 Å². The average Bonchev–Trinajstić information content (AvgIpc) is 4.07. The van der Waals surface area contributed by atoms with Gasteiger partial charge in [-0.3, -0.25) is 19.8 Å². The molecule has 7 aliphatic rings. The summed E-state index contributed by atoms with van der Waals surface area (Å²) >= 11 is 0. The first-order chi connectivity index (χ1) is 33.3. The Hall–Kier alpha value is -5.75. The van der Waals surface area contributed by atoms with E-state index >= 15 is 0 Å². The molecule has 17 heteroatoms. The van der Waals surface area contributed by atoms with Gasteiger partial charge in [0.15, 0.2) is 0 Å². The van der Waals surface area contributed by atoms with Gasteiger partial charge in [0.1, 0.15) is 23.1 Å². The minimum Gasteiger partial charge on any atom is -0.468 e. The molecule has 6 fully saturated rings. The zero-order valence-electron chi connectivity index (χ0n) is 38.9. The number of carbonyl (C=O) groups is 1. The molecule has 2 aromatic heterocycles. The minimum atomic E-state index is -4.60. The number of nitro benzene ring substituents is 1. The van der Waals surface area contributed by atoms with E-state index in [9.17, 15) is 28.4 Å². The second kappa shape index (κ2) is 17.0. The summed E-state index contributed by atoms with van der Waals surface area (Å²) in [6.45, 7) is 5.78. The van der Waals surface area contributed by atoms with Gasteiger partial charge in [-0.25, -0.2) is 13.1 Å². The van der Waals surface area contributed by atoms with Gasteiger partial charge in [-0.2, -0.15) is 4.98 Å². The summed E-state index contributed by atoms with van der Waals surface area (Å²) in [4.78, 5) is 41.0. The molecule has 3 atom stereocenters. The maximum absolute atomic E-state index is 14.6. The Balaban J connectivity index is 0.812. The van der Waals surface area contributed by atoms with E-state index in [0.717, 1.165) is 62.5 Å². The Kier molecular flexibility index (Phi) is 10.9. The molecule has 5 aromatic rings. The van der Waals surface area contributed by atoms with Crippen LogP contribution in [0.15, 0.2) is 83.9 Å². The number of nitrogens with one attached hydrogen (secondary N) is 3. The summed E-state index contributed by atoms with van der Waals surface area (Å²) in [5.41, 5.74) is 5.15. The van der Waals surface area contributed by atoms with Gasteiger partial charge in [0.25, 0.3) is 21.6 Å². The predicted octanol–water partition coefficient (Wildman–Crippen LogP) is 8.31. The maximum atomic E-state index is 14.6. The van der Waals surface area contributed by atoms with Crippen molar-refractivity contribution in [3.05, 3.63) is 106 Å². The van der Waals surface area contributed by atoms with E-state index in [1.165, 1.54) is 44.2 Å². The van der Waals surface area contributed by atoms with Crippen molar-refractivity contribution < 1.29 is 32.7 Å². The number of hydrogen-bond donors (Lipinski definition) is 4. The van der Waals surface area contributed by atoms with E-state index in [-0.39, 0.29) is 28.6 Å². The smallest absolute Gasteiger partial charge is 0.293 e. The number of ether oxygens (including phenoxy) is 2. The fourth-order valence-electron chi connectivity index (χ4n) is 12.6. The van der Waals surface area contributed by atoms with Crippen molar-refractivity contribution >= 4 is 55.4 Å². The van der Waals surface area contributed by atoms with Crippen molar-refractivity contribution in [1.82, 2.24) is 19.6 Å². The van der Waals surface area contributed by atoms with Crippen LogP contribution in [-0.4, -0.2) is 102 Å². The number of aromatic nitrogens is 2. The number of anilines is 4. The highest BCUT2D eigenvalue weighted by atomic mass is 32.2. The first kappa shape index (κ1) is 44.5. The van der Waals surface area contributed by atoms with Crippen LogP contribution in [0.5, 0.6) is 5.88 Å². The van der Waals surface area contributed by atoms with Crippen LogP contribution in [0, 0.1) is 21.4 Å². The molecule has 4 aliphatic heterocycles. The first-order valence-corrected chi connectivity index (χ1v) is 26.4. The lowest BCUT2D eigenvalue weighted by Gasteiger charge is -2.62. The van der Waals surface area contributed by atoms with E-state index in [1.54, 1.807) is 23.4 Å². The third-order valence-electron chi connectivity index (χ3n) is 16.7. The van der Waals surface area contributed by atoms with Crippen LogP contribution >= 0.6 is 0 Å². The molecule has 3 aliphatic carbocycles. The standard InChI is InChI=1S/C52H60N8O8S/c1-51(62)18-15-32(16-19-51)27-54-41-14-12-37(24-44(41)60(63)64)69(65,66)56-49(61)40-13-11-35(23-43(40)59-45-22-34-17-20-53-48(34)55-50(45)68-47-29-67-28-46(47)59)57-30-52(31-57)25-36(26-52)58-21-5-10-42(58)39-9-3-2-8-38(39)33-6-4-7-33/h2-3,8-9,11-14,17,20,22-24,32-33,36,42,46-47,54,62H,4-7,10,15-16,18-19,21,25-31H2,1H3,(H,53,55)(H,56,61)/t32?,42-,46-,47-,51?/m0/s1. The van der Waals surface area contributed by atoms with Crippen molar-refractivity contribution in [3.63, 3.8) is 0 Å². The predicted molar refractivity (Wildman–Crippen MR) is 262 cm³/mol. The molecule has 3 saturated heterocycles. The van der Waals surface area contributed by atoms with Crippen molar-refractivity contribution in [2.24, 2.45) is 11.3 Å². The van der Waals surface area contributed by atoms with Crippen LogP contribution < -0.4 is 24.6 Å². The zero-order valence-corrected chi connectivity index (χ0v) is 39.8. The lowest BCUT2D eigenvalue weighted by molar-refractivity contribution is -0.384. The van der Waals surface area contributed by atoms with Crippen molar-refractivity contribution in [3.8, 4) is 5.88 Å². The summed E-state index contributed by atoms with van der Waals surface area (Å²) in [7, 11) is -4.60. The van der Waals surface area contributed by atoms with E-state index in [0.29, 0.717) is 73.5 Å². The fraction of sp³-hybridized carbons (Fsp3) is 0.500. The Morgan fingerprint density at radius 3 is 2.52 bits per heavy atom. The van der Waals surface area contributed by atoms with Crippen LogP contribution in [0.1, 0.15) is 111 Å². The highest BCUT2D eigenvalue weighted by molar-refractivity contribution is 7.90. The van der Waals surface area contributed by atoms with Gasteiger partial charge in [0.2, 0.25) is 5.88 Å². The topological polar surface area (TPSA) is 195 Å². The number of aliphatic hydroxyl groups is 1. The summed E-state index contributed by atoms with van der Waals surface area (Å²) in [6.07, 6.45) is 12.9. The highest BCUT2D eigenvalue weighted by Crippen LogP contribution is 2.55. The summed E-state index contributed by atoms with van der Waals surface area (Å²) in [6, 6.07) is 22.9. The fourth-order valence-corrected chi connectivity index (χ4v) is 13.6. The van der Waals surface area contributed by atoms with Gasteiger partial charge in [-0.15, -0.1) is 0 Å². The lowest BCUT2D eigenvalue weighted by atomic mass is 9.60. The highest BCUT2D eigenvalue weighted by Gasteiger charge is 2.55. The van der Waals surface area contributed by atoms with E-state index in [1.807, 2.05) is 36.1 Å². The van der Waals surface area contributed by atoms with Crippen molar-refractivity contribution in [2.45, 2.75) is 118 Å². The number of likely N-dealkylation sites (tertiary alicyclic amines) is 1. The number of aromatic amines is 1. The van der Waals surface area contributed by atoms with Gasteiger partial charge < -0.3 is 34.7 Å². The van der Waals surface area contributed by atoms with Gasteiger partial charge >= 0.3 is 0 Å². The molecule has 4 N–H and O–H groups in total. The molecule has 1 spiro atoms. The molecule has 0 bridgehead atoms. The molecule has 1 amide bonds. The van der Waals surface area contributed by atoms with Crippen LogP contribution in [0.4, 0.5) is 28.4 Å². The third-order valence-corrected chi connectivity index (χ3v) is 18.0. The number of amides is 1. The maximum Gasteiger partial charge on any atom is 0.293 e. The largest absolute Gasteiger partial charge is 0.468 e. The Bertz CT molecular complexity index is 2930. The lowest BCUT2D eigenvalue weighted by Crippen LogP contribution is -2.66. The van der Waals surface area contributed by atoms with Crippen LogP contribution in [0.3, 0.4) is 0 Å². The van der Waals surface area contributed by atoms with E-state index < -0.39 is 43.1 Å². The summed E-state index contributed by atoms with van der Waals surface area (Å²) < 4.78 is 42.9. The number of benzene rings is 3. The third kappa shape index (κ3) is 8.08. The Morgan fingerprint density at radius 2 is 1.75 bits per heavy atom. The number of hydrogen-bond acceptors (Lipinski definition) is 13. The van der Waals surface area contributed by atoms with E-state index in [4.69, 9.17) is 14.5 Å². The number of fused-ring (bicyclic) bond motifs is 3. The number of rotatable bonds is 12. The zero-order chi connectivity index (χ0) is 47.2. The molecule has 362 valence electrons. The molecule has 12 rings (SSSR count). The number of H-pyrrole nitrogens is 1. The van der Waals surface area contributed by atoms with Gasteiger partial charge in [-0.05, 0) is 143 Å². The molecular weight excluding hydrogens is 897 g/mol. The van der Waals surface area contributed by atoms with Gasteiger partial charge in [-0.1, -0.05) is 30.7 Å². The Labute approximate surface area is 402 Å². The van der Waals surface area contributed by atoms with Crippen LogP contribution in [0.2, 0.25) is 0 Å². The monoisotopic (exact) mass is 956 g/mol. The second-order valence-corrected chi connectivity index (χ2v) is 23.0. The molecule has 0 radical (unpaired) electrons. The van der Waals surface area contributed by atoms with Gasteiger partial charge in [0, 0.05) is 60.5 Å². The van der Waals surface area contributed by atoms with Crippen molar-refractivity contribution in [1.29, 1.82) is 0 Å². The Morgan fingerprint density at radius 1 is 0.957 bits per heavy atom. The number of carbonyl (C=O) groups excluding carboxylic acids is 1. The molecular formula is C52H60N8O8S. The first-order valence-electron chi connectivity index (χ1n) is 24.9. The average molecular weight is 957 g/mol. The van der Waals surface area contributed by atoms with Crippen LogP contribution in [0.25, 0.3) is 11.0 Å². The van der Waals surface area contributed by atoms with E-state index in [2.05, 4.69) is 49.1 Å². The SMILES string of the molecule is CC1(O)CCC(CNc2ccc(S(=O)(=O)NC(=O)c3ccc(N4CC5(CC(N6CCC[C@H]6c6ccccc6C6CCC6)C5)C4)cc3N3c4cc5cc[nH]c5nc4O[C@H]4COC[C@@H]43)cc2[N+](=O)[O-])CC1. The second-order valence-electron chi connectivity index (χ2n) is 21.3. The molecule has 16 nitrogen and oxygen atoms in total.